The van der Waals surface area contributed by atoms with E-state index >= 15 is 0 Å². The van der Waals surface area contributed by atoms with Crippen molar-refractivity contribution in [2.75, 3.05) is 13.1 Å². The predicted molar refractivity (Wildman–Crippen MR) is 67.2 cm³/mol. The highest BCUT2D eigenvalue weighted by atomic mass is 19.4. The normalized spacial score (nSPS) is 21.9. The third kappa shape index (κ3) is 3.12. The number of carboxylic acid groups (broad SMARTS) is 1. The Balaban J connectivity index is 2.07. The van der Waals surface area contributed by atoms with Gasteiger partial charge in [-0.3, -0.25) is 9.69 Å². The molecule has 1 fully saturated rings. The molecule has 0 spiro atoms. The minimum atomic E-state index is -4.33. The fourth-order valence-electron chi connectivity index (χ4n) is 2.50. The van der Waals surface area contributed by atoms with Crippen LogP contribution in [0.2, 0.25) is 0 Å². The van der Waals surface area contributed by atoms with Crippen molar-refractivity contribution in [3.63, 3.8) is 0 Å². The van der Waals surface area contributed by atoms with Gasteiger partial charge in [0, 0.05) is 12.6 Å². The molecule has 2 atom stereocenters. The number of nitrogens with zero attached hydrogens (tertiary/aromatic N) is 1. The van der Waals surface area contributed by atoms with Crippen LogP contribution in [0.25, 0.3) is 0 Å². The molecule has 6 heteroatoms. The molecule has 0 saturated carbocycles. The van der Waals surface area contributed by atoms with Gasteiger partial charge in [-0.25, -0.2) is 0 Å². The number of hydrogen-bond acceptors (Lipinski definition) is 2. The molecule has 1 saturated heterocycles. The molecule has 1 aromatic carbocycles. The molecule has 0 bridgehead atoms. The second kappa shape index (κ2) is 5.44. The number of carboxylic acids is 1. The van der Waals surface area contributed by atoms with Gasteiger partial charge >= 0.3 is 12.1 Å². The fraction of sp³-hybridized carbons (Fsp3) is 0.500. The SMILES string of the molecule is C[C@H](c1ccc(C(F)(F)F)cc1)N1CC[C@@H](C(=O)O)C1. The molecule has 1 aliphatic rings. The monoisotopic (exact) mass is 287 g/mol. The Morgan fingerprint density at radius 2 is 1.95 bits per heavy atom. The lowest BCUT2D eigenvalue weighted by molar-refractivity contribution is -0.141. The van der Waals surface area contributed by atoms with E-state index in [1.807, 2.05) is 11.8 Å². The molecule has 3 nitrogen and oxygen atoms in total. The van der Waals surface area contributed by atoms with E-state index in [1.165, 1.54) is 12.1 Å². The zero-order valence-electron chi connectivity index (χ0n) is 11.0. The third-order valence-electron chi connectivity index (χ3n) is 3.84. The number of carbonyl (C=O) groups is 1. The van der Waals surface area contributed by atoms with E-state index in [-0.39, 0.29) is 12.0 Å². The quantitative estimate of drug-likeness (QED) is 0.928. The molecule has 2 rings (SSSR count). The first-order chi connectivity index (χ1) is 9.29. The largest absolute Gasteiger partial charge is 0.481 e. The maximum Gasteiger partial charge on any atom is 0.416 e. The van der Waals surface area contributed by atoms with E-state index < -0.39 is 17.7 Å². The van der Waals surface area contributed by atoms with Crippen molar-refractivity contribution in [2.45, 2.75) is 25.6 Å². The number of hydrogen-bond donors (Lipinski definition) is 1. The number of halogens is 3. The van der Waals surface area contributed by atoms with Crippen LogP contribution in [-0.2, 0) is 11.0 Å². The van der Waals surface area contributed by atoms with Gasteiger partial charge in [0.15, 0.2) is 0 Å². The Kier molecular flexibility index (Phi) is 4.04. The molecule has 1 heterocycles. The number of likely N-dealkylation sites (tertiary alicyclic amines) is 1. The molecule has 110 valence electrons. The molecule has 0 unspecified atom stereocenters. The first-order valence-electron chi connectivity index (χ1n) is 6.43. The van der Waals surface area contributed by atoms with Gasteiger partial charge in [0.05, 0.1) is 11.5 Å². The zero-order valence-corrected chi connectivity index (χ0v) is 11.0. The van der Waals surface area contributed by atoms with E-state index in [4.69, 9.17) is 5.11 Å². The van der Waals surface area contributed by atoms with Crippen molar-refractivity contribution in [3.8, 4) is 0 Å². The second-order valence-electron chi connectivity index (χ2n) is 5.11. The van der Waals surface area contributed by atoms with Crippen molar-refractivity contribution in [1.82, 2.24) is 4.90 Å². The number of alkyl halides is 3. The zero-order chi connectivity index (χ0) is 14.9. The van der Waals surface area contributed by atoms with Crippen LogP contribution in [0.4, 0.5) is 13.2 Å². The fourth-order valence-corrected chi connectivity index (χ4v) is 2.50. The Morgan fingerprint density at radius 3 is 2.40 bits per heavy atom. The van der Waals surface area contributed by atoms with Gasteiger partial charge in [-0.05, 0) is 37.6 Å². The summed E-state index contributed by atoms with van der Waals surface area (Å²) in [5, 5.41) is 8.96. The van der Waals surface area contributed by atoms with Gasteiger partial charge in [0.1, 0.15) is 0 Å². The van der Waals surface area contributed by atoms with Crippen molar-refractivity contribution in [1.29, 1.82) is 0 Å². The minimum absolute atomic E-state index is 0.0818. The minimum Gasteiger partial charge on any atom is -0.481 e. The van der Waals surface area contributed by atoms with Crippen LogP contribution in [0.1, 0.15) is 30.5 Å². The van der Waals surface area contributed by atoms with E-state index in [9.17, 15) is 18.0 Å². The highest BCUT2D eigenvalue weighted by Gasteiger charge is 2.32. The average Bonchev–Trinajstić information content (AvgIpc) is 2.86. The van der Waals surface area contributed by atoms with Crippen LogP contribution in [0.15, 0.2) is 24.3 Å². The predicted octanol–water partition coefficient (Wildman–Crippen LogP) is 3.17. The number of rotatable bonds is 3. The lowest BCUT2D eigenvalue weighted by atomic mass is 10.0. The molecule has 0 aromatic heterocycles. The molecule has 20 heavy (non-hydrogen) atoms. The Hall–Kier alpha value is -1.56. The summed E-state index contributed by atoms with van der Waals surface area (Å²) in [5.74, 6) is -1.20. The molecule has 0 radical (unpaired) electrons. The van der Waals surface area contributed by atoms with Crippen molar-refractivity contribution >= 4 is 5.97 Å². The van der Waals surface area contributed by atoms with E-state index in [0.717, 1.165) is 17.7 Å². The number of benzene rings is 1. The lowest BCUT2D eigenvalue weighted by Gasteiger charge is -2.24. The second-order valence-corrected chi connectivity index (χ2v) is 5.11. The van der Waals surface area contributed by atoms with Crippen LogP contribution in [-0.4, -0.2) is 29.1 Å². The summed E-state index contributed by atoms with van der Waals surface area (Å²) < 4.78 is 37.5. The number of aliphatic carboxylic acids is 1. The summed E-state index contributed by atoms with van der Waals surface area (Å²) in [7, 11) is 0. The lowest BCUT2D eigenvalue weighted by Crippen LogP contribution is -2.26. The maximum atomic E-state index is 12.5. The molecular formula is C14H16F3NO2. The van der Waals surface area contributed by atoms with Crippen LogP contribution in [0.3, 0.4) is 0 Å². The summed E-state index contributed by atoms with van der Waals surface area (Å²) >= 11 is 0. The molecule has 0 amide bonds. The van der Waals surface area contributed by atoms with Crippen molar-refractivity contribution in [2.24, 2.45) is 5.92 Å². The average molecular weight is 287 g/mol. The Bertz CT molecular complexity index is 484. The smallest absolute Gasteiger partial charge is 0.416 e. The molecule has 1 aliphatic heterocycles. The molecule has 0 aliphatic carbocycles. The summed E-state index contributed by atoms with van der Waals surface area (Å²) in [4.78, 5) is 12.9. The molecule has 1 aromatic rings. The highest BCUT2D eigenvalue weighted by Crippen LogP contribution is 2.32. The topological polar surface area (TPSA) is 40.5 Å². The standard InChI is InChI=1S/C14H16F3NO2/c1-9(18-7-6-11(8-18)13(19)20)10-2-4-12(5-3-10)14(15,16)17/h2-5,9,11H,6-8H2,1H3,(H,19,20)/t9-,11-/m1/s1. The van der Waals surface area contributed by atoms with Gasteiger partial charge in [-0.2, -0.15) is 13.2 Å². The maximum absolute atomic E-state index is 12.5. The van der Waals surface area contributed by atoms with E-state index in [2.05, 4.69) is 0 Å². The highest BCUT2D eigenvalue weighted by molar-refractivity contribution is 5.70. The van der Waals surface area contributed by atoms with Gasteiger partial charge in [-0.15, -0.1) is 0 Å². The van der Waals surface area contributed by atoms with Gasteiger partial charge < -0.3 is 5.11 Å². The summed E-state index contributed by atoms with van der Waals surface area (Å²) in [6, 6.07) is 4.97. The van der Waals surface area contributed by atoms with Crippen LogP contribution in [0.5, 0.6) is 0 Å². The van der Waals surface area contributed by atoms with Crippen LogP contribution >= 0.6 is 0 Å². The van der Waals surface area contributed by atoms with Gasteiger partial charge in [0.2, 0.25) is 0 Å². The van der Waals surface area contributed by atoms with Crippen LogP contribution in [0, 0.1) is 5.92 Å². The summed E-state index contributed by atoms with van der Waals surface area (Å²) in [6.07, 6.45) is -3.75. The Labute approximate surface area is 115 Å². The van der Waals surface area contributed by atoms with E-state index in [1.54, 1.807) is 0 Å². The first kappa shape index (κ1) is 14.8. The molecular weight excluding hydrogens is 271 g/mol. The summed E-state index contributed by atoms with van der Waals surface area (Å²) in [6.45, 7) is 2.98. The summed E-state index contributed by atoms with van der Waals surface area (Å²) in [5.41, 5.74) is 0.0994. The van der Waals surface area contributed by atoms with E-state index in [0.29, 0.717) is 19.5 Å². The van der Waals surface area contributed by atoms with Crippen molar-refractivity contribution in [3.05, 3.63) is 35.4 Å². The van der Waals surface area contributed by atoms with Gasteiger partial charge in [-0.1, -0.05) is 12.1 Å². The third-order valence-corrected chi connectivity index (χ3v) is 3.84. The Morgan fingerprint density at radius 1 is 1.35 bits per heavy atom. The molecule has 1 N–H and O–H groups in total. The van der Waals surface area contributed by atoms with Gasteiger partial charge in [0.25, 0.3) is 0 Å². The first-order valence-corrected chi connectivity index (χ1v) is 6.43. The van der Waals surface area contributed by atoms with Crippen molar-refractivity contribution < 1.29 is 23.1 Å². The van der Waals surface area contributed by atoms with Crippen LogP contribution < -0.4 is 0 Å².